The number of pyridine rings is 1. The van der Waals surface area contributed by atoms with Crippen LogP contribution in [0.15, 0.2) is 30.7 Å². The fourth-order valence-corrected chi connectivity index (χ4v) is 3.02. The number of carbonyl (C=O) groups excluding carboxylic acids is 1. The molecule has 1 fully saturated rings. The fourth-order valence-electron chi connectivity index (χ4n) is 2.87. The van der Waals surface area contributed by atoms with E-state index in [1.807, 2.05) is 10.9 Å². The first kappa shape index (κ1) is 15.8. The summed E-state index contributed by atoms with van der Waals surface area (Å²) in [5, 5.41) is 4.94. The second kappa shape index (κ2) is 7.00. The van der Waals surface area contributed by atoms with Crippen LogP contribution in [0.4, 0.5) is 5.82 Å². The maximum atomic E-state index is 12.1. The number of halogens is 1. The second-order valence-corrected chi connectivity index (χ2v) is 5.89. The third-order valence-electron chi connectivity index (χ3n) is 3.99. The third-order valence-corrected chi connectivity index (χ3v) is 4.19. The van der Waals surface area contributed by atoms with Crippen LogP contribution < -0.4 is 4.90 Å². The van der Waals surface area contributed by atoms with Gasteiger partial charge in [-0.15, -0.1) is 0 Å². The maximum absolute atomic E-state index is 12.1. The molecule has 0 amide bonds. The summed E-state index contributed by atoms with van der Waals surface area (Å²) in [6.45, 7) is 3.78. The molecule has 3 heterocycles. The van der Waals surface area contributed by atoms with Crippen molar-refractivity contribution in [2.24, 2.45) is 0 Å². The van der Waals surface area contributed by atoms with E-state index in [1.165, 1.54) is 0 Å². The molecule has 3 rings (SSSR count). The second-order valence-electron chi connectivity index (χ2n) is 5.45. The summed E-state index contributed by atoms with van der Waals surface area (Å²) < 4.78 is 7.04. The van der Waals surface area contributed by atoms with Crippen LogP contribution in [-0.2, 0) is 4.74 Å². The molecule has 122 valence electrons. The van der Waals surface area contributed by atoms with E-state index in [0.717, 1.165) is 25.9 Å². The number of anilines is 1. The van der Waals surface area contributed by atoms with E-state index in [-0.39, 0.29) is 5.97 Å². The molecule has 0 aromatic carbocycles. The molecule has 0 radical (unpaired) electrons. The minimum absolute atomic E-state index is 0.323. The molecule has 1 aliphatic heterocycles. The Labute approximate surface area is 140 Å². The standard InChI is InChI=1S/C16H19ClN4O2/c1-2-23-16(22)14-4-3-7-18-15(14)20-8-5-13(6-9-20)21-11-12(17)10-19-21/h3-4,7,10-11,13H,2,5-6,8-9H2,1H3. The zero-order valence-corrected chi connectivity index (χ0v) is 13.7. The van der Waals surface area contributed by atoms with Crippen molar-refractivity contribution in [2.45, 2.75) is 25.8 Å². The Morgan fingerprint density at radius 1 is 1.43 bits per heavy atom. The molecular weight excluding hydrogens is 316 g/mol. The first-order valence-corrected chi connectivity index (χ1v) is 8.13. The van der Waals surface area contributed by atoms with Crippen molar-refractivity contribution in [3.8, 4) is 0 Å². The van der Waals surface area contributed by atoms with Crippen LogP contribution in [-0.4, -0.2) is 40.4 Å². The Morgan fingerprint density at radius 3 is 2.87 bits per heavy atom. The molecule has 0 N–H and O–H groups in total. The van der Waals surface area contributed by atoms with Crippen molar-refractivity contribution in [1.82, 2.24) is 14.8 Å². The number of carbonyl (C=O) groups is 1. The van der Waals surface area contributed by atoms with E-state index in [9.17, 15) is 4.79 Å². The highest BCUT2D eigenvalue weighted by atomic mass is 35.5. The van der Waals surface area contributed by atoms with E-state index in [2.05, 4.69) is 15.0 Å². The van der Waals surface area contributed by atoms with Gasteiger partial charge in [-0.25, -0.2) is 9.78 Å². The highest BCUT2D eigenvalue weighted by molar-refractivity contribution is 6.30. The van der Waals surface area contributed by atoms with Crippen LogP contribution in [0.3, 0.4) is 0 Å². The van der Waals surface area contributed by atoms with Crippen LogP contribution in [0.5, 0.6) is 0 Å². The van der Waals surface area contributed by atoms with E-state index in [0.29, 0.717) is 29.1 Å². The van der Waals surface area contributed by atoms with Gasteiger partial charge < -0.3 is 9.64 Å². The van der Waals surface area contributed by atoms with Gasteiger partial charge in [0.05, 0.1) is 23.9 Å². The average molecular weight is 335 g/mol. The molecule has 2 aromatic rings. The molecule has 1 saturated heterocycles. The first-order chi connectivity index (χ1) is 11.2. The van der Waals surface area contributed by atoms with E-state index in [4.69, 9.17) is 16.3 Å². The van der Waals surface area contributed by atoms with Crippen LogP contribution in [0.1, 0.15) is 36.2 Å². The Bertz CT molecular complexity index is 680. The zero-order valence-electron chi connectivity index (χ0n) is 13.0. The summed E-state index contributed by atoms with van der Waals surface area (Å²) >= 11 is 5.93. The van der Waals surface area contributed by atoms with Crippen molar-refractivity contribution < 1.29 is 9.53 Å². The molecule has 23 heavy (non-hydrogen) atoms. The number of rotatable bonds is 4. The minimum atomic E-state index is -0.323. The highest BCUT2D eigenvalue weighted by Crippen LogP contribution is 2.27. The monoisotopic (exact) mass is 334 g/mol. The van der Waals surface area contributed by atoms with Gasteiger partial charge in [0.25, 0.3) is 0 Å². The average Bonchev–Trinajstić information content (AvgIpc) is 3.02. The number of ether oxygens (including phenoxy) is 1. The van der Waals surface area contributed by atoms with Gasteiger partial charge in [0.1, 0.15) is 11.4 Å². The summed E-state index contributed by atoms with van der Waals surface area (Å²) in [6.07, 6.45) is 7.07. The lowest BCUT2D eigenvalue weighted by Crippen LogP contribution is -2.36. The van der Waals surface area contributed by atoms with Gasteiger partial charge >= 0.3 is 5.97 Å². The Hall–Kier alpha value is -2.08. The van der Waals surface area contributed by atoms with Gasteiger partial charge in [0.2, 0.25) is 0 Å². The molecule has 0 saturated carbocycles. The van der Waals surface area contributed by atoms with Gasteiger partial charge in [-0.2, -0.15) is 5.10 Å². The Kier molecular flexibility index (Phi) is 4.81. The SMILES string of the molecule is CCOC(=O)c1cccnc1N1CCC(n2cc(Cl)cn2)CC1. The van der Waals surface area contributed by atoms with Crippen LogP contribution in [0.2, 0.25) is 5.02 Å². The summed E-state index contributed by atoms with van der Waals surface area (Å²) in [4.78, 5) is 18.6. The quantitative estimate of drug-likeness (QED) is 0.804. The molecule has 0 unspecified atom stereocenters. The van der Waals surface area contributed by atoms with Crippen molar-refractivity contribution in [1.29, 1.82) is 0 Å². The van der Waals surface area contributed by atoms with Gasteiger partial charge in [-0.05, 0) is 31.9 Å². The predicted octanol–water partition coefficient (Wildman–Crippen LogP) is 2.95. The van der Waals surface area contributed by atoms with E-state index < -0.39 is 0 Å². The van der Waals surface area contributed by atoms with Gasteiger partial charge in [0, 0.05) is 25.5 Å². The third kappa shape index (κ3) is 3.47. The molecule has 2 aromatic heterocycles. The summed E-state index contributed by atoms with van der Waals surface area (Å²) in [6, 6.07) is 3.85. The largest absolute Gasteiger partial charge is 0.462 e. The minimum Gasteiger partial charge on any atom is -0.462 e. The first-order valence-electron chi connectivity index (χ1n) is 7.75. The Balaban J connectivity index is 1.71. The molecule has 0 spiro atoms. The topological polar surface area (TPSA) is 60.2 Å². The molecule has 0 bridgehead atoms. The lowest BCUT2D eigenvalue weighted by atomic mass is 10.0. The molecule has 7 heteroatoms. The number of hydrogen-bond donors (Lipinski definition) is 0. The van der Waals surface area contributed by atoms with Crippen molar-refractivity contribution in [2.75, 3.05) is 24.6 Å². The van der Waals surface area contributed by atoms with E-state index >= 15 is 0 Å². The number of esters is 1. The van der Waals surface area contributed by atoms with Crippen LogP contribution >= 0.6 is 11.6 Å². The molecule has 0 atom stereocenters. The number of nitrogens with zero attached hydrogens (tertiary/aromatic N) is 4. The zero-order chi connectivity index (χ0) is 16.2. The van der Waals surface area contributed by atoms with Crippen LogP contribution in [0.25, 0.3) is 0 Å². The predicted molar refractivity (Wildman–Crippen MR) is 87.9 cm³/mol. The van der Waals surface area contributed by atoms with Gasteiger partial charge in [-0.3, -0.25) is 4.68 Å². The Morgan fingerprint density at radius 2 is 2.22 bits per heavy atom. The normalized spacial score (nSPS) is 15.7. The van der Waals surface area contributed by atoms with Crippen molar-refractivity contribution in [3.63, 3.8) is 0 Å². The fraction of sp³-hybridized carbons (Fsp3) is 0.438. The summed E-state index contributed by atoms with van der Waals surface area (Å²) in [7, 11) is 0. The number of aromatic nitrogens is 3. The molecule has 6 nitrogen and oxygen atoms in total. The molecular formula is C16H19ClN4O2. The number of piperidine rings is 1. The summed E-state index contributed by atoms with van der Waals surface area (Å²) in [5.41, 5.74) is 0.523. The van der Waals surface area contributed by atoms with Crippen molar-refractivity contribution in [3.05, 3.63) is 41.3 Å². The molecule has 0 aliphatic carbocycles. The van der Waals surface area contributed by atoms with Crippen LogP contribution in [0, 0.1) is 0 Å². The highest BCUT2D eigenvalue weighted by Gasteiger charge is 2.25. The maximum Gasteiger partial charge on any atom is 0.341 e. The van der Waals surface area contributed by atoms with Gasteiger partial charge in [-0.1, -0.05) is 11.6 Å². The lowest BCUT2D eigenvalue weighted by molar-refractivity contribution is 0.0526. The lowest BCUT2D eigenvalue weighted by Gasteiger charge is -2.33. The van der Waals surface area contributed by atoms with Crippen molar-refractivity contribution >= 4 is 23.4 Å². The molecule has 1 aliphatic rings. The summed E-state index contributed by atoms with van der Waals surface area (Å²) in [5.74, 6) is 0.375. The van der Waals surface area contributed by atoms with E-state index in [1.54, 1.807) is 31.5 Å². The smallest absolute Gasteiger partial charge is 0.341 e. The number of hydrogen-bond acceptors (Lipinski definition) is 5. The van der Waals surface area contributed by atoms with Gasteiger partial charge in [0.15, 0.2) is 0 Å².